The monoisotopic (exact) mass is 287 g/mol. The number of rotatable bonds is 6. The third-order valence-electron chi connectivity index (χ3n) is 3.12. The summed E-state index contributed by atoms with van der Waals surface area (Å²) in [6, 6.07) is -2.09. The van der Waals surface area contributed by atoms with Gasteiger partial charge in [0.25, 0.3) is 0 Å². The molecule has 4 N–H and O–H groups in total. The van der Waals surface area contributed by atoms with Gasteiger partial charge in [0.2, 0.25) is 5.91 Å². The molecule has 1 saturated heterocycles. The summed E-state index contributed by atoms with van der Waals surface area (Å²) in [7, 11) is 0. The standard InChI is InChI=1S/C12H21N3O5/c1-8(16)10(11(18)19)14-12(20)13-5-4-9(17)15-6-2-3-7-15/h8,10,16H,2-7H2,1H3,(H,18,19)(H2,13,14,20)/t8-,10+/m1/s1. The Morgan fingerprint density at radius 1 is 1.25 bits per heavy atom. The zero-order chi connectivity index (χ0) is 15.1. The van der Waals surface area contributed by atoms with Gasteiger partial charge in [-0.3, -0.25) is 4.79 Å². The van der Waals surface area contributed by atoms with Crippen LogP contribution in [0.5, 0.6) is 0 Å². The number of aliphatic hydroxyl groups excluding tert-OH is 1. The summed E-state index contributed by atoms with van der Waals surface area (Å²) in [5.41, 5.74) is 0. The van der Waals surface area contributed by atoms with Crippen LogP contribution in [0.3, 0.4) is 0 Å². The van der Waals surface area contributed by atoms with E-state index in [2.05, 4.69) is 10.6 Å². The highest BCUT2D eigenvalue weighted by atomic mass is 16.4. The number of carboxylic acids is 1. The maximum Gasteiger partial charge on any atom is 0.328 e. The van der Waals surface area contributed by atoms with Crippen LogP contribution < -0.4 is 10.6 Å². The van der Waals surface area contributed by atoms with Gasteiger partial charge in [0.1, 0.15) is 0 Å². The highest BCUT2D eigenvalue weighted by molar-refractivity contribution is 5.83. The molecule has 1 heterocycles. The van der Waals surface area contributed by atoms with E-state index >= 15 is 0 Å². The van der Waals surface area contributed by atoms with Crippen molar-refractivity contribution >= 4 is 17.9 Å². The molecule has 20 heavy (non-hydrogen) atoms. The van der Waals surface area contributed by atoms with Crippen LogP contribution >= 0.6 is 0 Å². The molecule has 0 aromatic rings. The zero-order valence-corrected chi connectivity index (χ0v) is 11.5. The number of hydrogen-bond donors (Lipinski definition) is 4. The number of carboxylic acid groups (broad SMARTS) is 1. The normalized spacial score (nSPS) is 17.4. The van der Waals surface area contributed by atoms with Crippen molar-refractivity contribution < 1.29 is 24.6 Å². The summed E-state index contributed by atoms with van der Waals surface area (Å²) < 4.78 is 0. The molecule has 8 nitrogen and oxygen atoms in total. The smallest absolute Gasteiger partial charge is 0.328 e. The van der Waals surface area contributed by atoms with E-state index in [9.17, 15) is 19.5 Å². The molecule has 1 fully saturated rings. The molecule has 0 saturated carbocycles. The molecule has 3 amide bonds. The van der Waals surface area contributed by atoms with Crippen LogP contribution in [0.15, 0.2) is 0 Å². The molecule has 1 rings (SSSR count). The number of aliphatic hydroxyl groups is 1. The van der Waals surface area contributed by atoms with Crippen LogP contribution in [0, 0.1) is 0 Å². The number of carbonyl (C=O) groups excluding carboxylic acids is 2. The van der Waals surface area contributed by atoms with Crippen molar-refractivity contribution in [1.82, 2.24) is 15.5 Å². The first kappa shape index (κ1) is 16.2. The summed E-state index contributed by atoms with van der Waals surface area (Å²) in [6.07, 6.45) is 0.993. The predicted octanol–water partition coefficient (Wildman–Crippen LogP) is -0.868. The number of amides is 3. The summed E-state index contributed by atoms with van der Waals surface area (Å²) in [4.78, 5) is 35.6. The Morgan fingerprint density at radius 2 is 1.85 bits per heavy atom. The first-order chi connectivity index (χ1) is 9.41. The second-order valence-electron chi connectivity index (χ2n) is 4.79. The molecule has 1 aliphatic rings. The van der Waals surface area contributed by atoms with Crippen LogP contribution in [0.25, 0.3) is 0 Å². The van der Waals surface area contributed by atoms with Gasteiger partial charge >= 0.3 is 12.0 Å². The third kappa shape index (κ3) is 5.04. The molecule has 0 radical (unpaired) electrons. The lowest BCUT2D eigenvalue weighted by Gasteiger charge is -2.18. The molecule has 0 aromatic heterocycles. The van der Waals surface area contributed by atoms with E-state index in [0.29, 0.717) is 0 Å². The van der Waals surface area contributed by atoms with Crippen LogP contribution in [0.4, 0.5) is 4.79 Å². The highest BCUT2D eigenvalue weighted by Gasteiger charge is 2.25. The van der Waals surface area contributed by atoms with Gasteiger partial charge in [-0.05, 0) is 19.8 Å². The summed E-state index contributed by atoms with van der Waals surface area (Å²) in [6.45, 7) is 2.92. The minimum Gasteiger partial charge on any atom is -0.480 e. The second kappa shape index (κ2) is 7.68. The molecule has 0 spiro atoms. The Morgan fingerprint density at radius 3 is 2.35 bits per heavy atom. The number of aliphatic carboxylic acids is 1. The van der Waals surface area contributed by atoms with Crippen molar-refractivity contribution in [2.75, 3.05) is 19.6 Å². The number of nitrogens with zero attached hydrogens (tertiary/aromatic N) is 1. The van der Waals surface area contributed by atoms with Gasteiger partial charge in [-0.25, -0.2) is 9.59 Å². The number of likely N-dealkylation sites (tertiary alicyclic amines) is 1. The summed E-state index contributed by atoms with van der Waals surface area (Å²) in [5.74, 6) is -1.34. The maximum absolute atomic E-state index is 11.7. The van der Waals surface area contributed by atoms with Crippen LogP contribution in [0.2, 0.25) is 0 Å². The minimum atomic E-state index is -1.37. The van der Waals surface area contributed by atoms with Crippen molar-refractivity contribution in [3.05, 3.63) is 0 Å². The number of carbonyl (C=O) groups is 3. The van der Waals surface area contributed by atoms with Crippen molar-refractivity contribution in [2.45, 2.75) is 38.3 Å². The fraction of sp³-hybridized carbons (Fsp3) is 0.750. The van der Waals surface area contributed by atoms with E-state index in [0.717, 1.165) is 25.9 Å². The van der Waals surface area contributed by atoms with Crippen LogP contribution in [0.1, 0.15) is 26.2 Å². The maximum atomic E-state index is 11.7. The van der Waals surface area contributed by atoms with E-state index in [-0.39, 0.29) is 18.9 Å². The van der Waals surface area contributed by atoms with Gasteiger partial charge in [-0.2, -0.15) is 0 Å². The Labute approximate surface area is 117 Å². The van der Waals surface area contributed by atoms with Crippen LogP contribution in [-0.2, 0) is 9.59 Å². The lowest BCUT2D eigenvalue weighted by Crippen LogP contribution is -2.51. The Hall–Kier alpha value is -1.83. The predicted molar refractivity (Wildman–Crippen MR) is 70.1 cm³/mol. The van der Waals surface area contributed by atoms with Crippen LogP contribution in [-0.4, -0.2) is 64.8 Å². The van der Waals surface area contributed by atoms with E-state index in [1.54, 1.807) is 4.90 Å². The minimum absolute atomic E-state index is 0.0203. The average molecular weight is 287 g/mol. The number of hydrogen-bond acceptors (Lipinski definition) is 4. The molecule has 0 aliphatic carbocycles. The molecule has 2 atom stereocenters. The van der Waals surface area contributed by atoms with Gasteiger partial charge in [0, 0.05) is 26.1 Å². The zero-order valence-electron chi connectivity index (χ0n) is 11.5. The first-order valence-corrected chi connectivity index (χ1v) is 6.65. The van der Waals surface area contributed by atoms with Crippen molar-refractivity contribution in [2.24, 2.45) is 0 Å². The van der Waals surface area contributed by atoms with Gasteiger partial charge in [-0.1, -0.05) is 0 Å². The largest absolute Gasteiger partial charge is 0.480 e. The Bertz CT molecular complexity index is 366. The van der Waals surface area contributed by atoms with E-state index < -0.39 is 24.1 Å². The van der Waals surface area contributed by atoms with Crippen molar-refractivity contribution in [3.63, 3.8) is 0 Å². The van der Waals surface area contributed by atoms with Gasteiger partial charge in [-0.15, -0.1) is 0 Å². The Kier molecular flexibility index (Phi) is 6.23. The van der Waals surface area contributed by atoms with E-state index in [1.165, 1.54) is 6.92 Å². The third-order valence-corrected chi connectivity index (χ3v) is 3.12. The molecular weight excluding hydrogens is 266 g/mol. The topological polar surface area (TPSA) is 119 Å². The SMILES string of the molecule is C[C@@H](O)[C@H](NC(=O)NCCC(=O)N1CCCC1)C(=O)O. The lowest BCUT2D eigenvalue weighted by molar-refractivity contribution is -0.141. The van der Waals surface area contributed by atoms with Gasteiger partial charge < -0.3 is 25.7 Å². The quantitative estimate of drug-likeness (QED) is 0.506. The lowest BCUT2D eigenvalue weighted by atomic mass is 10.2. The molecule has 8 heteroatoms. The highest BCUT2D eigenvalue weighted by Crippen LogP contribution is 2.08. The van der Waals surface area contributed by atoms with Gasteiger partial charge in [0.05, 0.1) is 6.10 Å². The molecule has 0 bridgehead atoms. The van der Waals surface area contributed by atoms with Crippen molar-refractivity contribution in [3.8, 4) is 0 Å². The van der Waals surface area contributed by atoms with Gasteiger partial charge in [0.15, 0.2) is 6.04 Å². The Balaban J connectivity index is 2.25. The molecule has 0 aromatic carbocycles. The molecule has 1 aliphatic heterocycles. The van der Waals surface area contributed by atoms with Crippen molar-refractivity contribution in [1.29, 1.82) is 0 Å². The fourth-order valence-electron chi connectivity index (χ4n) is 1.99. The summed E-state index contributed by atoms with van der Waals surface area (Å²) in [5, 5.41) is 22.5. The molecular formula is C12H21N3O5. The summed E-state index contributed by atoms with van der Waals surface area (Å²) >= 11 is 0. The second-order valence-corrected chi connectivity index (χ2v) is 4.79. The molecule has 0 unspecified atom stereocenters. The number of nitrogens with one attached hydrogen (secondary N) is 2. The number of urea groups is 1. The first-order valence-electron chi connectivity index (χ1n) is 6.65. The van der Waals surface area contributed by atoms with E-state index in [1.807, 2.05) is 0 Å². The molecule has 114 valence electrons. The average Bonchev–Trinajstić information content (AvgIpc) is 2.88. The van der Waals surface area contributed by atoms with E-state index in [4.69, 9.17) is 5.11 Å². The fourth-order valence-corrected chi connectivity index (χ4v) is 1.99.